The van der Waals surface area contributed by atoms with Crippen molar-refractivity contribution in [2.45, 2.75) is 13.8 Å². The number of carbonyl (C=O) groups is 1. The molecule has 5 aromatic rings. The lowest BCUT2D eigenvalue weighted by molar-refractivity contribution is 0.102. The van der Waals surface area contributed by atoms with E-state index in [1.165, 1.54) is 0 Å². The minimum atomic E-state index is -0.101. The molecule has 0 unspecified atom stereocenters. The van der Waals surface area contributed by atoms with Crippen LogP contribution in [0.4, 0.5) is 5.69 Å². The number of nitrogens with zero attached hydrogens (tertiary/aromatic N) is 1. The molecule has 146 valence electrons. The molecule has 0 saturated carbocycles. The molecular formula is C26H20N2OS. The van der Waals surface area contributed by atoms with Crippen molar-refractivity contribution >= 4 is 43.9 Å². The Labute approximate surface area is 179 Å². The quantitative estimate of drug-likeness (QED) is 0.350. The molecule has 0 aliphatic carbocycles. The zero-order valence-corrected chi connectivity index (χ0v) is 17.6. The Morgan fingerprint density at radius 1 is 0.833 bits per heavy atom. The molecule has 0 aliphatic rings. The number of anilines is 1. The summed E-state index contributed by atoms with van der Waals surface area (Å²) < 4.78 is 1.16. The molecule has 0 aliphatic heterocycles. The van der Waals surface area contributed by atoms with Gasteiger partial charge < -0.3 is 5.32 Å². The van der Waals surface area contributed by atoms with Crippen molar-refractivity contribution in [3.05, 3.63) is 95.6 Å². The number of hydrogen-bond donors (Lipinski definition) is 1. The van der Waals surface area contributed by atoms with Gasteiger partial charge in [-0.05, 0) is 60.0 Å². The van der Waals surface area contributed by atoms with Crippen molar-refractivity contribution < 1.29 is 4.79 Å². The van der Waals surface area contributed by atoms with Crippen LogP contribution in [-0.2, 0) is 0 Å². The number of para-hydroxylation sites is 1. The number of thiazole rings is 1. The van der Waals surface area contributed by atoms with Gasteiger partial charge in [0, 0.05) is 16.8 Å². The minimum Gasteiger partial charge on any atom is -0.322 e. The molecule has 5 rings (SSSR count). The van der Waals surface area contributed by atoms with E-state index >= 15 is 0 Å². The summed E-state index contributed by atoms with van der Waals surface area (Å²) in [7, 11) is 0. The van der Waals surface area contributed by atoms with E-state index in [1.54, 1.807) is 11.3 Å². The Hall–Kier alpha value is -3.50. The van der Waals surface area contributed by atoms with Crippen LogP contribution >= 0.6 is 11.3 Å². The zero-order valence-electron chi connectivity index (χ0n) is 16.8. The van der Waals surface area contributed by atoms with E-state index in [-0.39, 0.29) is 5.91 Å². The second-order valence-electron chi connectivity index (χ2n) is 7.45. The summed E-state index contributed by atoms with van der Waals surface area (Å²) in [5, 5.41) is 6.14. The molecular weight excluding hydrogens is 388 g/mol. The van der Waals surface area contributed by atoms with Crippen LogP contribution in [0.3, 0.4) is 0 Å². The third kappa shape index (κ3) is 3.25. The second kappa shape index (κ2) is 7.39. The van der Waals surface area contributed by atoms with E-state index in [4.69, 9.17) is 4.98 Å². The number of benzene rings is 4. The van der Waals surface area contributed by atoms with Crippen molar-refractivity contribution in [3.8, 4) is 10.6 Å². The number of aryl methyl sites for hydroxylation is 2. The summed E-state index contributed by atoms with van der Waals surface area (Å²) in [6, 6.07) is 26.2. The molecule has 1 heterocycles. The average Bonchev–Trinajstić information content (AvgIpc) is 3.20. The van der Waals surface area contributed by atoms with Crippen molar-refractivity contribution in [2.24, 2.45) is 0 Å². The summed E-state index contributed by atoms with van der Waals surface area (Å²) in [5.74, 6) is -0.101. The lowest BCUT2D eigenvalue weighted by Gasteiger charge is -2.12. The van der Waals surface area contributed by atoms with Crippen LogP contribution in [0, 0.1) is 13.8 Å². The fourth-order valence-electron chi connectivity index (χ4n) is 3.72. The molecule has 0 spiro atoms. The molecule has 1 N–H and O–H groups in total. The van der Waals surface area contributed by atoms with Gasteiger partial charge in [0.1, 0.15) is 5.01 Å². The Bertz CT molecular complexity index is 1380. The van der Waals surface area contributed by atoms with Gasteiger partial charge in [0.15, 0.2) is 0 Å². The molecule has 0 bridgehead atoms. The monoisotopic (exact) mass is 408 g/mol. The molecule has 1 aromatic heterocycles. The molecule has 0 saturated heterocycles. The Kier molecular flexibility index (Phi) is 4.57. The smallest absolute Gasteiger partial charge is 0.256 e. The lowest BCUT2D eigenvalue weighted by atomic mass is 9.99. The van der Waals surface area contributed by atoms with Gasteiger partial charge >= 0.3 is 0 Å². The van der Waals surface area contributed by atoms with Gasteiger partial charge in [-0.1, -0.05) is 54.6 Å². The van der Waals surface area contributed by atoms with Crippen LogP contribution in [-0.4, -0.2) is 10.9 Å². The number of amides is 1. The maximum atomic E-state index is 13.2. The fraction of sp³-hybridized carbons (Fsp3) is 0.0769. The standard InChI is InChI=1S/C26H20N2OS/c1-16-12-14-21(20-8-4-3-7-19(16)20)25(29)27-23-15-18(13-11-17(23)2)26-28-22-9-5-6-10-24(22)30-26/h3-15H,1-2H3,(H,27,29). The van der Waals surface area contributed by atoms with Crippen molar-refractivity contribution in [1.29, 1.82) is 0 Å². The predicted molar refractivity (Wildman–Crippen MR) is 126 cm³/mol. The van der Waals surface area contributed by atoms with E-state index in [0.29, 0.717) is 5.56 Å². The van der Waals surface area contributed by atoms with E-state index in [1.807, 2.05) is 67.6 Å². The van der Waals surface area contributed by atoms with E-state index in [0.717, 1.165) is 48.4 Å². The highest BCUT2D eigenvalue weighted by atomic mass is 32.1. The Morgan fingerprint density at radius 3 is 2.40 bits per heavy atom. The third-order valence-corrected chi connectivity index (χ3v) is 6.50. The van der Waals surface area contributed by atoms with E-state index < -0.39 is 0 Å². The summed E-state index contributed by atoms with van der Waals surface area (Å²) in [6.45, 7) is 4.07. The first-order valence-corrected chi connectivity index (χ1v) is 10.7. The summed E-state index contributed by atoms with van der Waals surface area (Å²) in [4.78, 5) is 17.9. The average molecular weight is 409 g/mol. The molecule has 30 heavy (non-hydrogen) atoms. The number of nitrogens with one attached hydrogen (secondary N) is 1. The van der Waals surface area contributed by atoms with Crippen molar-refractivity contribution in [3.63, 3.8) is 0 Å². The summed E-state index contributed by atoms with van der Waals surface area (Å²) in [6.07, 6.45) is 0. The zero-order chi connectivity index (χ0) is 20.7. The molecule has 3 nitrogen and oxygen atoms in total. The second-order valence-corrected chi connectivity index (χ2v) is 8.48. The van der Waals surface area contributed by atoms with Crippen LogP contribution in [0.2, 0.25) is 0 Å². The van der Waals surface area contributed by atoms with Crippen molar-refractivity contribution in [2.75, 3.05) is 5.32 Å². The predicted octanol–water partition coefficient (Wildman–Crippen LogP) is 6.99. The van der Waals surface area contributed by atoms with Crippen molar-refractivity contribution in [1.82, 2.24) is 4.98 Å². The van der Waals surface area contributed by atoms with Gasteiger partial charge in [0.25, 0.3) is 5.91 Å². The van der Waals surface area contributed by atoms with Gasteiger partial charge in [-0.25, -0.2) is 4.98 Å². The van der Waals surface area contributed by atoms with Gasteiger partial charge in [0.2, 0.25) is 0 Å². The largest absolute Gasteiger partial charge is 0.322 e. The van der Waals surface area contributed by atoms with Crippen LogP contribution < -0.4 is 5.32 Å². The first-order chi connectivity index (χ1) is 14.6. The first-order valence-electron chi connectivity index (χ1n) is 9.86. The highest BCUT2D eigenvalue weighted by molar-refractivity contribution is 7.21. The number of fused-ring (bicyclic) bond motifs is 2. The van der Waals surface area contributed by atoms with Gasteiger partial charge in [-0.2, -0.15) is 0 Å². The van der Waals surface area contributed by atoms with Gasteiger partial charge in [-0.3, -0.25) is 4.79 Å². The third-order valence-electron chi connectivity index (χ3n) is 5.41. The van der Waals surface area contributed by atoms with Gasteiger partial charge in [-0.15, -0.1) is 11.3 Å². The van der Waals surface area contributed by atoms with Crippen LogP contribution in [0.15, 0.2) is 78.9 Å². The van der Waals surface area contributed by atoms with Crippen LogP contribution in [0.5, 0.6) is 0 Å². The minimum absolute atomic E-state index is 0.101. The molecule has 1 amide bonds. The first kappa shape index (κ1) is 18.5. The summed E-state index contributed by atoms with van der Waals surface area (Å²) >= 11 is 1.66. The SMILES string of the molecule is Cc1ccc(-c2nc3ccccc3s2)cc1NC(=O)c1ccc(C)c2ccccc12. The molecule has 4 aromatic carbocycles. The topological polar surface area (TPSA) is 42.0 Å². The van der Waals surface area contributed by atoms with Crippen LogP contribution in [0.25, 0.3) is 31.6 Å². The summed E-state index contributed by atoms with van der Waals surface area (Å²) in [5.41, 5.74) is 5.67. The molecule has 4 heteroatoms. The Balaban J connectivity index is 1.51. The number of carbonyl (C=O) groups excluding carboxylic acids is 1. The Morgan fingerprint density at radius 2 is 1.57 bits per heavy atom. The molecule has 0 atom stereocenters. The fourth-order valence-corrected chi connectivity index (χ4v) is 4.68. The maximum absolute atomic E-state index is 13.2. The number of rotatable bonds is 3. The maximum Gasteiger partial charge on any atom is 0.256 e. The molecule has 0 radical (unpaired) electrons. The highest BCUT2D eigenvalue weighted by Crippen LogP contribution is 2.32. The van der Waals surface area contributed by atoms with Gasteiger partial charge in [0.05, 0.1) is 10.2 Å². The normalized spacial score (nSPS) is 11.1. The lowest BCUT2D eigenvalue weighted by Crippen LogP contribution is -2.13. The number of hydrogen-bond acceptors (Lipinski definition) is 3. The van der Waals surface area contributed by atoms with E-state index in [9.17, 15) is 4.79 Å². The van der Waals surface area contributed by atoms with E-state index in [2.05, 4.69) is 30.4 Å². The number of aromatic nitrogens is 1. The highest BCUT2D eigenvalue weighted by Gasteiger charge is 2.14. The van der Waals surface area contributed by atoms with Crippen LogP contribution in [0.1, 0.15) is 21.5 Å². The molecule has 0 fully saturated rings.